The number of nitrogens with two attached hydrogens (primary N) is 1. The van der Waals surface area contributed by atoms with Gasteiger partial charge in [-0.25, -0.2) is 0 Å². The van der Waals surface area contributed by atoms with Crippen molar-refractivity contribution in [1.82, 2.24) is 9.78 Å². The summed E-state index contributed by atoms with van der Waals surface area (Å²) in [5.41, 5.74) is 7.20. The third kappa shape index (κ3) is 3.11. The average Bonchev–Trinajstić information content (AvgIpc) is 2.88. The summed E-state index contributed by atoms with van der Waals surface area (Å²) in [6, 6.07) is 11.7. The van der Waals surface area contributed by atoms with E-state index in [1.807, 2.05) is 41.1 Å². The monoisotopic (exact) mass is 245 g/mol. The van der Waals surface area contributed by atoms with Crippen LogP contribution < -0.4 is 10.5 Å². The van der Waals surface area contributed by atoms with Crippen molar-refractivity contribution in [1.29, 1.82) is 0 Å². The van der Waals surface area contributed by atoms with E-state index >= 15 is 0 Å². The lowest BCUT2D eigenvalue weighted by atomic mass is 10.1. The molecule has 1 heterocycles. The fourth-order valence-corrected chi connectivity index (χ4v) is 1.89. The molecule has 1 aromatic heterocycles. The Morgan fingerprint density at radius 1 is 1.28 bits per heavy atom. The third-order valence-corrected chi connectivity index (χ3v) is 2.87. The van der Waals surface area contributed by atoms with Crippen LogP contribution >= 0.6 is 0 Å². The average molecular weight is 245 g/mol. The summed E-state index contributed by atoms with van der Waals surface area (Å²) in [7, 11) is 0. The molecule has 4 nitrogen and oxygen atoms in total. The van der Waals surface area contributed by atoms with Crippen LogP contribution in [0.2, 0.25) is 0 Å². The molecule has 0 amide bonds. The van der Waals surface area contributed by atoms with Gasteiger partial charge >= 0.3 is 0 Å². The SMILES string of the molecule is CCn1nccc1C(N)CCOc1ccccc1. The number of rotatable bonds is 6. The van der Waals surface area contributed by atoms with Crippen molar-refractivity contribution in [3.8, 4) is 5.75 Å². The summed E-state index contributed by atoms with van der Waals surface area (Å²) in [4.78, 5) is 0. The minimum Gasteiger partial charge on any atom is -0.494 e. The lowest BCUT2D eigenvalue weighted by Crippen LogP contribution is -2.18. The van der Waals surface area contributed by atoms with Gasteiger partial charge in [0.05, 0.1) is 12.3 Å². The second-order valence-corrected chi connectivity index (χ2v) is 4.13. The normalized spacial score (nSPS) is 12.3. The molecule has 2 N–H and O–H groups in total. The molecule has 2 aromatic rings. The van der Waals surface area contributed by atoms with Crippen molar-refractivity contribution < 1.29 is 4.74 Å². The molecule has 0 saturated carbocycles. The highest BCUT2D eigenvalue weighted by atomic mass is 16.5. The molecule has 4 heteroatoms. The van der Waals surface area contributed by atoms with Gasteiger partial charge in [0.15, 0.2) is 0 Å². The van der Waals surface area contributed by atoms with Gasteiger partial charge in [-0.15, -0.1) is 0 Å². The van der Waals surface area contributed by atoms with Crippen molar-refractivity contribution in [3.63, 3.8) is 0 Å². The summed E-state index contributed by atoms with van der Waals surface area (Å²) < 4.78 is 7.56. The van der Waals surface area contributed by atoms with E-state index in [9.17, 15) is 0 Å². The predicted octanol–water partition coefficient (Wildman–Crippen LogP) is 2.37. The number of hydrogen-bond donors (Lipinski definition) is 1. The Morgan fingerprint density at radius 2 is 2.06 bits per heavy atom. The lowest BCUT2D eigenvalue weighted by Gasteiger charge is -2.13. The highest BCUT2D eigenvalue weighted by Gasteiger charge is 2.10. The fraction of sp³-hybridized carbons (Fsp3) is 0.357. The highest BCUT2D eigenvalue weighted by Crippen LogP contribution is 2.15. The van der Waals surface area contributed by atoms with E-state index in [1.165, 1.54) is 0 Å². The van der Waals surface area contributed by atoms with Crippen molar-refractivity contribution >= 4 is 0 Å². The molecule has 1 aromatic carbocycles. The van der Waals surface area contributed by atoms with E-state index in [4.69, 9.17) is 10.5 Å². The molecule has 0 aliphatic rings. The molecule has 0 bridgehead atoms. The summed E-state index contributed by atoms with van der Waals surface area (Å²) in [6.45, 7) is 3.51. The molecule has 0 spiro atoms. The van der Waals surface area contributed by atoms with Crippen molar-refractivity contribution in [2.45, 2.75) is 25.9 Å². The first-order chi connectivity index (χ1) is 8.81. The fourth-order valence-electron chi connectivity index (χ4n) is 1.89. The molecule has 1 unspecified atom stereocenters. The molecular weight excluding hydrogens is 226 g/mol. The summed E-state index contributed by atoms with van der Waals surface area (Å²) in [5, 5.41) is 4.22. The summed E-state index contributed by atoms with van der Waals surface area (Å²) in [5.74, 6) is 0.883. The smallest absolute Gasteiger partial charge is 0.119 e. The molecule has 18 heavy (non-hydrogen) atoms. The molecule has 0 aliphatic heterocycles. The number of hydrogen-bond acceptors (Lipinski definition) is 3. The standard InChI is InChI=1S/C14H19N3O/c1-2-17-14(8-10-16-17)13(15)9-11-18-12-6-4-3-5-7-12/h3-8,10,13H,2,9,11,15H2,1H3. The number of ether oxygens (including phenoxy) is 1. The predicted molar refractivity (Wildman–Crippen MR) is 71.4 cm³/mol. The van der Waals surface area contributed by atoms with Gasteiger partial charge < -0.3 is 10.5 Å². The van der Waals surface area contributed by atoms with Crippen LogP contribution in [0.5, 0.6) is 5.75 Å². The maximum atomic E-state index is 6.14. The first-order valence-electron chi connectivity index (χ1n) is 6.26. The molecule has 1 atom stereocenters. The molecule has 0 aliphatic carbocycles. The van der Waals surface area contributed by atoms with Crippen molar-refractivity contribution in [3.05, 3.63) is 48.3 Å². The van der Waals surface area contributed by atoms with E-state index < -0.39 is 0 Å². The molecule has 0 fully saturated rings. The van der Waals surface area contributed by atoms with Gasteiger partial charge in [0.2, 0.25) is 0 Å². The minimum atomic E-state index is -0.0313. The van der Waals surface area contributed by atoms with Gasteiger partial charge in [-0.1, -0.05) is 18.2 Å². The van der Waals surface area contributed by atoms with Crippen LogP contribution in [0.3, 0.4) is 0 Å². The maximum Gasteiger partial charge on any atom is 0.119 e. The van der Waals surface area contributed by atoms with E-state index in [1.54, 1.807) is 6.20 Å². The van der Waals surface area contributed by atoms with Crippen LogP contribution in [0, 0.1) is 0 Å². The molecule has 2 rings (SSSR count). The number of nitrogens with zero attached hydrogens (tertiary/aromatic N) is 2. The number of para-hydroxylation sites is 1. The zero-order valence-electron chi connectivity index (χ0n) is 10.6. The van der Waals surface area contributed by atoms with Crippen LogP contribution in [0.1, 0.15) is 25.1 Å². The quantitative estimate of drug-likeness (QED) is 0.850. The second-order valence-electron chi connectivity index (χ2n) is 4.13. The minimum absolute atomic E-state index is 0.0313. The van der Waals surface area contributed by atoms with Gasteiger partial charge in [0, 0.05) is 25.2 Å². The second kappa shape index (κ2) is 6.21. The highest BCUT2D eigenvalue weighted by molar-refractivity contribution is 5.20. The van der Waals surface area contributed by atoms with E-state index in [0.717, 1.165) is 24.4 Å². The Labute approximate surface area is 107 Å². The van der Waals surface area contributed by atoms with Gasteiger partial charge in [0.1, 0.15) is 5.75 Å². The Kier molecular flexibility index (Phi) is 4.36. The Morgan fingerprint density at radius 3 is 2.78 bits per heavy atom. The van der Waals surface area contributed by atoms with Gasteiger partial charge in [-0.3, -0.25) is 4.68 Å². The molecule has 0 radical (unpaired) electrons. The Bertz CT molecular complexity index is 467. The summed E-state index contributed by atoms with van der Waals surface area (Å²) >= 11 is 0. The largest absolute Gasteiger partial charge is 0.494 e. The lowest BCUT2D eigenvalue weighted by molar-refractivity contribution is 0.295. The van der Waals surface area contributed by atoms with Gasteiger partial charge in [0.25, 0.3) is 0 Å². The van der Waals surface area contributed by atoms with Crippen LogP contribution in [-0.2, 0) is 6.54 Å². The van der Waals surface area contributed by atoms with Crippen molar-refractivity contribution in [2.75, 3.05) is 6.61 Å². The van der Waals surface area contributed by atoms with Crippen LogP contribution in [0.4, 0.5) is 0 Å². The molecule has 0 saturated heterocycles. The zero-order chi connectivity index (χ0) is 12.8. The molecule has 96 valence electrons. The first-order valence-corrected chi connectivity index (χ1v) is 6.26. The van der Waals surface area contributed by atoms with Crippen LogP contribution in [0.25, 0.3) is 0 Å². The summed E-state index contributed by atoms with van der Waals surface area (Å²) in [6.07, 6.45) is 2.57. The maximum absolute atomic E-state index is 6.14. The van der Waals surface area contributed by atoms with Crippen molar-refractivity contribution in [2.24, 2.45) is 5.73 Å². The van der Waals surface area contributed by atoms with Gasteiger partial charge in [-0.05, 0) is 25.1 Å². The number of aryl methyl sites for hydroxylation is 1. The first kappa shape index (κ1) is 12.6. The van der Waals surface area contributed by atoms with Crippen LogP contribution in [-0.4, -0.2) is 16.4 Å². The van der Waals surface area contributed by atoms with Gasteiger partial charge in [-0.2, -0.15) is 5.10 Å². The number of benzene rings is 1. The third-order valence-electron chi connectivity index (χ3n) is 2.87. The zero-order valence-corrected chi connectivity index (χ0v) is 10.6. The molecular formula is C14H19N3O. The van der Waals surface area contributed by atoms with E-state index in [-0.39, 0.29) is 6.04 Å². The Balaban J connectivity index is 1.84. The van der Waals surface area contributed by atoms with E-state index in [0.29, 0.717) is 6.61 Å². The number of aromatic nitrogens is 2. The van der Waals surface area contributed by atoms with Crippen LogP contribution in [0.15, 0.2) is 42.6 Å². The Hall–Kier alpha value is -1.81. The van der Waals surface area contributed by atoms with E-state index in [2.05, 4.69) is 12.0 Å². The topological polar surface area (TPSA) is 53.1 Å².